The van der Waals surface area contributed by atoms with Crippen molar-refractivity contribution in [3.05, 3.63) is 179 Å². The summed E-state index contributed by atoms with van der Waals surface area (Å²) in [6, 6.07) is 50.2. The summed E-state index contributed by atoms with van der Waals surface area (Å²) >= 11 is 0. The van der Waals surface area contributed by atoms with Crippen LogP contribution in [0.2, 0.25) is 0 Å². The zero-order valence-corrected chi connectivity index (χ0v) is 88.2. The van der Waals surface area contributed by atoms with Gasteiger partial charge >= 0.3 is 0 Å². The van der Waals surface area contributed by atoms with Gasteiger partial charge in [-0.2, -0.15) is 0 Å². The Morgan fingerprint density at radius 1 is 0.292 bits per heavy atom. The molecule has 10 heteroatoms. The summed E-state index contributed by atoms with van der Waals surface area (Å²) in [5.74, 6) is 23.1. The number of hydrogen-bond donors (Lipinski definition) is 2. The number of phenols is 2. The van der Waals surface area contributed by atoms with Crippen LogP contribution >= 0.6 is 0 Å². The second-order valence-corrected chi connectivity index (χ2v) is 48.6. The number of fused-ring (bicyclic) bond motifs is 10. The minimum absolute atomic E-state index is 0.0473. The molecule has 20 atom stereocenters. The van der Waals surface area contributed by atoms with E-state index in [0.717, 1.165) is 131 Å². The molecule has 0 aromatic heterocycles. The number of rotatable bonds is 34. The number of ether oxygens (including phenoxy) is 8. The zero-order valence-electron chi connectivity index (χ0n) is 88.2. The minimum atomic E-state index is -0.131. The Kier molecular flexibility index (Phi) is 37.5. The Hall–Kier alpha value is -6.04. The van der Waals surface area contributed by atoms with Crippen molar-refractivity contribution in [2.75, 3.05) is 6.61 Å². The molecule has 756 valence electrons. The first-order valence-electron chi connectivity index (χ1n) is 57.8. The summed E-state index contributed by atoms with van der Waals surface area (Å²) in [5.41, 5.74) is 8.75. The molecule has 12 bridgehead atoms. The van der Waals surface area contributed by atoms with Gasteiger partial charge in [0, 0.05) is 22.7 Å². The Morgan fingerprint density at radius 3 is 0.971 bits per heavy atom. The van der Waals surface area contributed by atoms with Gasteiger partial charge in [-0.1, -0.05) is 253 Å². The van der Waals surface area contributed by atoms with Gasteiger partial charge < -0.3 is 48.1 Å². The van der Waals surface area contributed by atoms with Crippen molar-refractivity contribution in [3.8, 4) is 34.5 Å². The number of aromatic hydroxyl groups is 2. The molecule has 0 spiro atoms. The highest BCUT2D eigenvalue weighted by molar-refractivity contribution is 5.34. The maximum atomic E-state index is 9.01. The van der Waals surface area contributed by atoms with Gasteiger partial charge in [-0.25, -0.2) is 0 Å². The first-order chi connectivity index (χ1) is 66.5. The fourth-order valence-electron chi connectivity index (χ4n) is 30.4. The number of hydrogen-bond acceptors (Lipinski definition) is 10. The van der Waals surface area contributed by atoms with E-state index in [9.17, 15) is 0 Å². The summed E-state index contributed by atoms with van der Waals surface area (Å²) in [6.07, 6.45) is 60.3. The summed E-state index contributed by atoms with van der Waals surface area (Å²) in [4.78, 5) is 0. The van der Waals surface area contributed by atoms with Crippen LogP contribution in [0, 0.1) is 111 Å². The van der Waals surface area contributed by atoms with Gasteiger partial charge in [0.1, 0.15) is 34.5 Å². The molecule has 23 rings (SSSR count). The van der Waals surface area contributed by atoms with Gasteiger partial charge in [0.05, 0.1) is 24.9 Å². The lowest BCUT2D eigenvalue weighted by Gasteiger charge is -2.58. The average Bonchev–Trinajstić information content (AvgIpc) is 1.76. The lowest BCUT2D eigenvalue weighted by Crippen LogP contribution is -2.55. The fraction of sp³-hybridized carbons (Fsp3) is 0.717. The lowest BCUT2D eigenvalue weighted by atomic mass is 9.49. The third-order valence-corrected chi connectivity index (χ3v) is 38.9. The van der Waals surface area contributed by atoms with E-state index in [2.05, 4.69) is 194 Å². The van der Waals surface area contributed by atoms with Crippen molar-refractivity contribution >= 4 is 0 Å². The summed E-state index contributed by atoms with van der Waals surface area (Å²) < 4.78 is 53.4. The third-order valence-electron chi connectivity index (χ3n) is 38.9. The number of phenolic OH excluding ortho intramolecular Hbond substituents is 2. The van der Waals surface area contributed by atoms with Crippen molar-refractivity contribution in [1.29, 1.82) is 0 Å². The van der Waals surface area contributed by atoms with E-state index in [1.54, 1.807) is 24.3 Å². The van der Waals surface area contributed by atoms with Crippen LogP contribution in [0.25, 0.3) is 0 Å². The quantitative estimate of drug-likeness (QED) is 0.0379. The topological polar surface area (TPSA) is 114 Å². The van der Waals surface area contributed by atoms with Crippen LogP contribution in [0.3, 0.4) is 0 Å². The van der Waals surface area contributed by atoms with E-state index in [-0.39, 0.29) is 36.0 Å². The van der Waals surface area contributed by atoms with Crippen molar-refractivity contribution in [1.82, 2.24) is 0 Å². The van der Waals surface area contributed by atoms with Crippen molar-refractivity contribution in [2.45, 2.75) is 458 Å². The molecule has 0 radical (unpaired) electrons. The Balaban J connectivity index is 0.000000123. The maximum absolute atomic E-state index is 9.01. The molecule has 20 unspecified atom stereocenters. The monoisotopic (exact) mass is 1870 g/mol. The molecule has 17 aliphatic rings. The lowest BCUT2D eigenvalue weighted by molar-refractivity contribution is -0.236. The highest BCUT2D eigenvalue weighted by atomic mass is 16.7. The summed E-state index contributed by atoms with van der Waals surface area (Å²) in [7, 11) is 0. The van der Waals surface area contributed by atoms with E-state index < -0.39 is 0 Å². The molecule has 6 aromatic carbocycles. The second-order valence-electron chi connectivity index (χ2n) is 48.6. The second kappa shape index (κ2) is 49.5. The molecular formula is C127H188O10. The summed E-state index contributed by atoms with van der Waals surface area (Å²) in [5, 5.41) is 18.0. The molecular weight excluding hydrogens is 1690 g/mol. The maximum Gasteiger partial charge on any atom is 0.205 e. The average molecular weight is 1870 g/mol. The van der Waals surface area contributed by atoms with Crippen molar-refractivity contribution in [3.63, 3.8) is 0 Å². The molecule has 0 aliphatic heterocycles. The Bertz CT molecular complexity index is 4360. The smallest absolute Gasteiger partial charge is 0.205 e. The van der Waals surface area contributed by atoms with E-state index >= 15 is 0 Å². The molecule has 17 saturated carbocycles. The molecule has 2 N–H and O–H groups in total. The van der Waals surface area contributed by atoms with Crippen LogP contribution < -0.4 is 18.9 Å². The zero-order chi connectivity index (χ0) is 95.7. The predicted octanol–water partition coefficient (Wildman–Crippen LogP) is 35.1. The molecule has 0 saturated heterocycles. The summed E-state index contributed by atoms with van der Waals surface area (Å²) in [6.45, 7) is 32.2. The molecule has 137 heavy (non-hydrogen) atoms. The standard InChI is InChI=1S/C29H44O2.2C27H40O2.C24H36O2.2C10H14O/c1-3-21(2)26-9-11-27(12-10-26)31-28(30-14-13-22-7-5-4-6-8-22)29-18-23-15-24(19-29)17-25(16-23)20-29;1-3-18(2)19-12-14-22(15-13-19)28-27(20-8-5-4-6-9-20)29-26-17-21-16-25(26)24-11-7-10-23(21)24;1-3-19(2)23-9-11-25(12-10-23)29-26(28-24-7-5-4-6-8-24)27-16-20-13-21(17-27)15-22(14-20)18-27;1-5-16(4)17-9-11-19(12-10-17)25-24(15(2)3)26-23-14-18-13-22(23)21-8-6-7-20(18)21;2*1-3-8(2)9-4-6-10(11)7-5-9/h9-12,21-25,28H,3-8,13-20H2,1-2H3;12-15,18,20-21,23-27H,3-11,16-17H2,1-2H3;9-12,19-22,24,26H,3-8,13-18H2,1-2H3;9-12,15-16,18,20-24H,5-8,13-14H2,1-4H3;2*4-8,11H,3H2,1-2H3. The van der Waals surface area contributed by atoms with Crippen LogP contribution in [0.15, 0.2) is 146 Å². The van der Waals surface area contributed by atoms with Gasteiger partial charge in [0.25, 0.3) is 0 Å². The third kappa shape index (κ3) is 26.8. The fourth-order valence-corrected chi connectivity index (χ4v) is 30.4. The van der Waals surface area contributed by atoms with Crippen LogP contribution in [-0.2, 0) is 18.9 Å². The van der Waals surface area contributed by atoms with E-state index in [1.807, 2.05) is 24.3 Å². The van der Waals surface area contributed by atoms with Gasteiger partial charge in [-0.3, -0.25) is 0 Å². The van der Waals surface area contributed by atoms with Gasteiger partial charge in [-0.05, 0) is 429 Å². The normalized spacial score (nSPS) is 31.8. The molecule has 17 fully saturated rings. The minimum Gasteiger partial charge on any atom is -0.508 e. The largest absolute Gasteiger partial charge is 0.508 e. The molecule has 6 aromatic rings. The van der Waals surface area contributed by atoms with Gasteiger partial charge in [-0.15, -0.1) is 0 Å². The van der Waals surface area contributed by atoms with Gasteiger partial charge in [0.2, 0.25) is 25.2 Å². The first-order valence-corrected chi connectivity index (χ1v) is 57.8. The van der Waals surface area contributed by atoms with Crippen molar-refractivity contribution in [2.24, 2.45) is 111 Å². The SMILES string of the molecule is CCC(C)c1ccc(O)cc1.CCC(C)c1ccc(O)cc1.CCC(C)c1ccc(OC(OC2CC3CC2C2CCCC32)C(C)C)cc1.CCC(C)c1ccc(OC(OC2CC3CC2C2CCCC32)C2CCCCC2)cc1.CCC(C)c1ccc(OC(OC2CCCCC2)C23CC4CC(CC(C4)C2)C3)cc1.CCC(C)c1ccc(OC(OCCC2CCCCC2)C23CC4CC(CC(C4)C2)C3)cc1. The molecule has 0 amide bonds. The highest BCUT2D eigenvalue weighted by Crippen LogP contribution is 2.66. The molecule has 0 heterocycles. The number of benzene rings is 6. The van der Waals surface area contributed by atoms with Crippen molar-refractivity contribution < 1.29 is 48.1 Å². The Labute approximate surface area is 832 Å². The van der Waals surface area contributed by atoms with Gasteiger partial charge in [0.15, 0.2) is 0 Å². The molecule has 17 aliphatic carbocycles. The first kappa shape index (κ1) is 104. The Morgan fingerprint density at radius 2 is 0.606 bits per heavy atom. The van der Waals surface area contributed by atoms with Crippen LogP contribution in [0.1, 0.15) is 448 Å². The molecule has 10 nitrogen and oxygen atoms in total. The predicted molar refractivity (Wildman–Crippen MR) is 563 cm³/mol. The van der Waals surface area contributed by atoms with E-state index in [4.69, 9.17) is 48.1 Å². The van der Waals surface area contributed by atoms with E-state index in [0.29, 0.717) is 77.2 Å². The van der Waals surface area contributed by atoms with Crippen LogP contribution in [-0.4, -0.2) is 60.3 Å². The van der Waals surface area contributed by atoms with Crippen LogP contribution in [0.4, 0.5) is 0 Å². The van der Waals surface area contributed by atoms with Crippen LogP contribution in [0.5, 0.6) is 34.5 Å². The highest BCUT2D eigenvalue weighted by Gasteiger charge is 2.60. The van der Waals surface area contributed by atoms with E-state index in [1.165, 1.54) is 303 Å².